The van der Waals surface area contributed by atoms with Gasteiger partial charge in [-0.1, -0.05) is 0 Å². The van der Waals surface area contributed by atoms with Gasteiger partial charge in [0.1, 0.15) is 0 Å². The Kier molecular flexibility index (Phi) is 168. The minimum absolute atomic E-state index is 0. The van der Waals surface area contributed by atoms with Crippen LogP contribution in [-0.4, -0.2) is 70.2 Å². The maximum absolute atomic E-state index is 0. The molecule has 0 aromatic heterocycles. The Morgan fingerprint density at radius 3 is 0.500 bits per heavy atom. The van der Waals surface area contributed by atoms with E-state index in [-0.39, 0.29) is 70.2 Å². The predicted octanol–water partition coefficient (Wildman–Crippen LogP) is -5.54. The van der Waals surface area contributed by atoms with Crippen molar-refractivity contribution < 1.29 is 0 Å². The molecule has 0 amide bonds. The van der Waals surface area contributed by atoms with Crippen LogP contribution in [0, 0.1) is 0 Å². The molecule has 0 aliphatic rings. The van der Waals surface area contributed by atoms with Crippen LogP contribution in [0.5, 0.6) is 0 Å². The van der Waals surface area contributed by atoms with Crippen LogP contribution in [0.3, 0.4) is 0 Å². The molecule has 0 bridgehead atoms. The monoisotopic (exact) mass is 264 g/mol. The van der Waals surface area contributed by atoms with Crippen molar-refractivity contribution in [1.82, 2.24) is 0 Å². The Labute approximate surface area is 69.5 Å². The second-order valence-electron chi connectivity index (χ2n) is 0. The molecule has 0 saturated carbocycles. The molecular weight excluding hydrogens is 245 g/mol. The van der Waals surface area contributed by atoms with Crippen LogP contribution >= 0.6 is 0 Å². The molecule has 0 unspecified atom stereocenters. The van der Waals surface area contributed by atoms with Gasteiger partial charge in [-0.3, -0.25) is 0 Å². The molecular formula is H15AlGe3. The second-order valence-corrected chi connectivity index (χ2v) is 0. The molecule has 0 N–H and O–H groups in total. The van der Waals surface area contributed by atoms with Crippen LogP contribution in [0.25, 0.3) is 0 Å². The molecule has 0 aliphatic heterocycles. The fourth-order valence-electron chi connectivity index (χ4n) is 0. The van der Waals surface area contributed by atoms with Crippen LogP contribution in [0.4, 0.5) is 0 Å². The van der Waals surface area contributed by atoms with E-state index in [4.69, 9.17) is 0 Å². The molecule has 0 saturated heterocycles. The molecule has 4 heteroatoms. The van der Waals surface area contributed by atoms with Crippen molar-refractivity contribution in [3.8, 4) is 0 Å². The Bertz CT molecular complexity index is 3.25. The Balaban J connectivity index is 0. The average molecular weight is 260 g/mol. The van der Waals surface area contributed by atoms with E-state index in [9.17, 15) is 0 Å². The Hall–Kier alpha value is 2.16. The number of rotatable bonds is 0. The zero-order chi connectivity index (χ0) is 0. The van der Waals surface area contributed by atoms with Crippen LogP contribution in [-0.2, 0) is 0 Å². The Morgan fingerprint density at radius 2 is 0.500 bits per heavy atom. The molecule has 0 aromatic carbocycles. The normalized spacial score (nSPS) is 0. The van der Waals surface area contributed by atoms with Crippen LogP contribution < -0.4 is 0 Å². The third kappa shape index (κ3) is 8.90. The van der Waals surface area contributed by atoms with E-state index in [0.29, 0.717) is 0 Å². The first kappa shape index (κ1) is 35.1. The third-order valence-corrected chi connectivity index (χ3v) is 0. The quantitative estimate of drug-likeness (QED) is 0.381. The van der Waals surface area contributed by atoms with Crippen molar-refractivity contribution in [2.45, 2.75) is 0 Å². The van der Waals surface area contributed by atoms with Gasteiger partial charge in [0.25, 0.3) is 0 Å². The van der Waals surface area contributed by atoms with Gasteiger partial charge in [-0.2, -0.15) is 0 Å². The summed E-state index contributed by atoms with van der Waals surface area (Å²) in [6.07, 6.45) is 0. The van der Waals surface area contributed by atoms with Gasteiger partial charge >= 0.3 is 70.2 Å². The topological polar surface area (TPSA) is 0 Å². The van der Waals surface area contributed by atoms with E-state index in [1.807, 2.05) is 0 Å². The van der Waals surface area contributed by atoms with Gasteiger partial charge < -0.3 is 0 Å². The molecule has 0 spiro atoms. The Morgan fingerprint density at radius 1 is 0.500 bits per heavy atom. The van der Waals surface area contributed by atoms with Gasteiger partial charge in [0.15, 0.2) is 0 Å². The summed E-state index contributed by atoms with van der Waals surface area (Å²) in [5, 5.41) is 0. The zero-order valence-electron chi connectivity index (χ0n) is 0.577. The van der Waals surface area contributed by atoms with Crippen molar-refractivity contribution in [3.63, 3.8) is 0 Å². The van der Waals surface area contributed by atoms with Crippen molar-refractivity contribution >= 4 is 70.2 Å². The number of hydrogen-bond acceptors (Lipinski definition) is 0. The SMILES string of the molecule is [Al+3].[GeH5-].[GeH5-].[GeH5-]. The zero-order valence-corrected chi connectivity index (χ0v) is 1.73. The summed E-state index contributed by atoms with van der Waals surface area (Å²) in [7, 11) is 0. The maximum atomic E-state index is 0. The van der Waals surface area contributed by atoms with Gasteiger partial charge in [0, 0.05) is 0 Å². The molecule has 0 rings (SSSR count). The fraction of sp³-hybridized carbons (Fsp3) is 0. The summed E-state index contributed by atoms with van der Waals surface area (Å²) in [5.74, 6) is 0. The summed E-state index contributed by atoms with van der Waals surface area (Å²) >= 11 is 0. The summed E-state index contributed by atoms with van der Waals surface area (Å²) in [6.45, 7) is 0. The van der Waals surface area contributed by atoms with Crippen LogP contribution in [0.1, 0.15) is 0 Å². The number of hydrogen-bond donors (Lipinski definition) is 0. The van der Waals surface area contributed by atoms with Crippen LogP contribution in [0.2, 0.25) is 0 Å². The van der Waals surface area contributed by atoms with Gasteiger partial charge in [0.05, 0.1) is 0 Å². The van der Waals surface area contributed by atoms with Crippen molar-refractivity contribution in [3.05, 3.63) is 0 Å². The van der Waals surface area contributed by atoms with Gasteiger partial charge in [-0.25, -0.2) is 0 Å². The molecule has 0 heterocycles. The van der Waals surface area contributed by atoms with E-state index in [2.05, 4.69) is 0 Å². The predicted molar refractivity (Wildman–Crippen MR) is 43.9 cm³/mol. The van der Waals surface area contributed by atoms with E-state index in [0.717, 1.165) is 0 Å². The summed E-state index contributed by atoms with van der Waals surface area (Å²) < 4.78 is 0. The van der Waals surface area contributed by atoms with E-state index in [1.165, 1.54) is 0 Å². The summed E-state index contributed by atoms with van der Waals surface area (Å²) in [6, 6.07) is 0. The first-order valence-corrected chi connectivity index (χ1v) is 0. The van der Waals surface area contributed by atoms with E-state index < -0.39 is 0 Å². The van der Waals surface area contributed by atoms with Gasteiger partial charge in [-0.15, -0.1) is 0 Å². The average Bonchev–Trinajstić information content (AvgIpc) is 0. The third-order valence-electron chi connectivity index (χ3n) is 0. The van der Waals surface area contributed by atoms with Crippen molar-refractivity contribution in [1.29, 1.82) is 0 Å². The summed E-state index contributed by atoms with van der Waals surface area (Å²) in [5.41, 5.74) is 0. The van der Waals surface area contributed by atoms with Gasteiger partial charge in [0.2, 0.25) is 0 Å². The fourth-order valence-corrected chi connectivity index (χ4v) is 0. The molecule has 0 aromatic rings. The molecule has 4 heavy (non-hydrogen) atoms. The first-order chi connectivity index (χ1) is 0. The van der Waals surface area contributed by atoms with Crippen molar-refractivity contribution in [2.24, 2.45) is 0 Å². The summed E-state index contributed by atoms with van der Waals surface area (Å²) in [4.78, 5) is 0. The van der Waals surface area contributed by atoms with E-state index in [1.54, 1.807) is 0 Å². The molecule has 0 atom stereocenters. The minimum atomic E-state index is 0. The molecule has 0 aliphatic carbocycles. The standard InChI is InChI=1S/Al.3GeH5/h;3*1H5/q+3;3*-1. The van der Waals surface area contributed by atoms with E-state index >= 15 is 0 Å². The van der Waals surface area contributed by atoms with Crippen LogP contribution in [0.15, 0.2) is 0 Å². The molecule has 30 valence electrons. The van der Waals surface area contributed by atoms with Gasteiger partial charge in [-0.05, 0) is 0 Å². The first-order valence-electron chi connectivity index (χ1n) is 0. The molecule has 0 fully saturated rings. The molecule has 0 nitrogen and oxygen atoms in total. The molecule has 0 radical (unpaired) electrons. The van der Waals surface area contributed by atoms with Crippen molar-refractivity contribution in [2.75, 3.05) is 0 Å². The second kappa shape index (κ2) is 19.1.